The average molecular weight is 360 g/mol. The monoisotopic (exact) mass is 360 g/mol. The Morgan fingerprint density at radius 1 is 1.27 bits per heavy atom. The molecular weight excluding hydrogens is 336 g/mol. The predicted octanol–water partition coefficient (Wildman–Crippen LogP) is 0.514. The van der Waals surface area contributed by atoms with E-state index in [1.807, 2.05) is 0 Å². The van der Waals surface area contributed by atoms with Crippen molar-refractivity contribution < 1.29 is 14.7 Å². The van der Waals surface area contributed by atoms with Gasteiger partial charge in [0.15, 0.2) is 5.82 Å². The molecule has 0 radical (unpaired) electrons. The summed E-state index contributed by atoms with van der Waals surface area (Å²) < 4.78 is 2.10. The number of aliphatic hydroxyl groups excluding tert-OH is 1. The molecular formula is C17H24N6O3. The fraction of sp³-hybridized carbons (Fsp3) is 0.706. The van der Waals surface area contributed by atoms with Crippen LogP contribution in [0.4, 0.5) is 0 Å². The standard InChI is InChI=1S/C17H24N6O3/c24-9-14-20-22-17(23(14)13-3-4-13)10-7-12(8-10)18-15(25)5-1-11-2-6-16(26)21-19-11/h10,12-13,24H,1-9H2,(H,18,25)(H,21,26). The number of hydrogen-bond acceptors (Lipinski definition) is 6. The Morgan fingerprint density at radius 3 is 2.73 bits per heavy atom. The second-order valence-corrected chi connectivity index (χ2v) is 7.38. The molecule has 2 amide bonds. The van der Waals surface area contributed by atoms with E-state index in [4.69, 9.17) is 0 Å². The van der Waals surface area contributed by atoms with E-state index in [-0.39, 0.29) is 24.5 Å². The lowest BCUT2D eigenvalue weighted by molar-refractivity contribution is -0.122. The highest BCUT2D eigenvalue weighted by molar-refractivity contribution is 5.94. The molecule has 2 saturated carbocycles. The van der Waals surface area contributed by atoms with Crippen LogP contribution in [-0.4, -0.2) is 43.4 Å². The van der Waals surface area contributed by atoms with Crippen LogP contribution in [0.15, 0.2) is 5.10 Å². The van der Waals surface area contributed by atoms with E-state index in [1.54, 1.807) is 0 Å². The Morgan fingerprint density at radius 2 is 2.08 bits per heavy atom. The number of carbonyl (C=O) groups is 2. The summed E-state index contributed by atoms with van der Waals surface area (Å²) in [6.07, 6.45) is 6.01. The van der Waals surface area contributed by atoms with E-state index < -0.39 is 0 Å². The first-order valence-corrected chi connectivity index (χ1v) is 9.32. The molecule has 2 heterocycles. The maximum Gasteiger partial charge on any atom is 0.240 e. The molecule has 1 aliphatic heterocycles. The van der Waals surface area contributed by atoms with E-state index in [1.165, 1.54) is 0 Å². The number of aromatic nitrogens is 3. The molecule has 4 rings (SSSR count). The Labute approximate surface area is 151 Å². The highest BCUT2D eigenvalue weighted by atomic mass is 16.3. The van der Waals surface area contributed by atoms with E-state index in [0.29, 0.717) is 43.5 Å². The number of carbonyl (C=O) groups excluding carboxylic acids is 2. The number of rotatable bonds is 7. The maximum atomic E-state index is 12.1. The van der Waals surface area contributed by atoms with Crippen molar-refractivity contribution in [2.45, 2.75) is 76.0 Å². The van der Waals surface area contributed by atoms with Gasteiger partial charge in [0.1, 0.15) is 12.4 Å². The van der Waals surface area contributed by atoms with E-state index in [0.717, 1.165) is 37.2 Å². The summed E-state index contributed by atoms with van der Waals surface area (Å²) in [5.74, 6) is 1.85. The summed E-state index contributed by atoms with van der Waals surface area (Å²) in [4.78, 5) is 23.2. The zero-order valence-electron chi connectivity index (χ0n) is 14.6. The third-order valence-corrected chi connectivity index (χ3v) is 5.33. The zero-order chi connectivity index (χ0) is 18.1. The minimum Gasteiger partial charge on any atom is -0.388 e. The summed E-state index contributed by atoms with van der Waals surface area (Å²) >= 11 is 0. The van der Waals surface area contributed by atoms with E-state index in [2.05, 4.69) is 30.6 Å². The minimum absolute atomic E-state index is 0.0211. The van der Waals surface area contributed by atoms with Crippen molar-refractivity contribution in [3.05, 3.63) is 11.6 Å². The van der Waals surface area contributed by atoms with Crippen molar-refractivity contribution in [1.82, 2.24) is 25.5 Å². The van der Waals surface area contributed by atoms with Crippen LogP contribution in [0.5, 0.6) is 0 Å². The van der Waals surface area contributed by atoms with Gasteiger partial charge in [-0.25, -0.2) is 5.43 Å². The smallest absolute Gasteiger partial charge is 0.240 e. The lowest BCUT2D eigenvalue weighted by atomic mass is 9.79. The third-order valence-electron chi connectivity index (χ3n) is 5.33. The molecule has 0 atom stereocenters. The molecule has 1 aromatic heterocycles. The fourth-order valence-corrected chi connectivity index (χ4v) is 3.65. The quantitative estimate of drug-likeness (QED) is 0.654. The first-order valence-electron chi connectivity index (χ1n) is 9.32. The maximum absolute atomic E-state index is 12.1. The predicted molar refractivity (Wildman–Crippen MR) is 92.2 cm³/mol. The SMILES string of the molecule is O=C1CCC(CCC(=O)NC2CC(c3nnc(CO)n3C3CC3)C2)=NN1. The topological polar surface area (TPSA) is 122 Å². The summed E-state index contributed by atoms with van der Waals surface area (Å²) in [5, 5.41) is 24.9. The van der Waals surface area contributed by atoms with Gasteiger partial charge in [-0.05, 0) is 38.5 Å². The van der Waals surface area contributed by atoms with Crippen LogP contribution < -0.4 is 10.7 Å². The van der Waals surface area contributed by atoms with Crippen molar-refractivity contribution in [3.63, 3.8) is 0 Å². The Kier molecular flexibility index (Phi) is 4.71. The Balaban J connectivity index is 1.23. The Hall–Kier alpha value is -2.29. The van der Waals surface area contributed by atoms with Crippen molar-refractivity contribution in [3.8, 4) is 0 Å². The molecule has 9 nitrogen and oxygen atoms in total. The van der Waals surface area contributed by atoms with Crippen LogP contribution >= 0.6 is 0 Å². The number of nitrogens with zero attached hydrogens (tertiary/aromatic N) is 4. The van der Waals surface area contributed by atoms with Crippen LogP contribution in [0.25, 0.3) is 0 Å². The number of hydrazone groups is 1. The lowest BCUT2D eigenvalue weighted by Gasteiger charge is -2.35. The van der Waals surface area contributed by atoms with E-state index >= 15 is 0 Å². The van der Waals surface area contributed by atoms with Gasteiger partial charge in [-0.1, -0.05) is 0 Å². The molecule has 9 heteroatoms. The largest absolute Gasteiger partial charge is 0.388 e. The first kappa shape index (κ1) is 17.1. The number of amides is 2. The molecule has 1 aromatic rings. The summed E-state index contributed by atoms with van der Waals surface area (Å²) in [6, 6.07) is 0.606. The molecule has 0 saturated heterocycles. The van der Waals surface area contributed by atoms with Gasteiger partial charge in [0.25, 0.3) is 0 Å². The van der Waals surface area contributed by atoms with Crippen molar-refractivity contribution in [2.75, 3.05) is 0 Å². The summed E-state index contributed by atoms with van der Waals surface area (Å²) in [5.41, 5.74) is 3.33. The van der Waals surface area contributed by atoms with Gasteiger partial charge in [-0.2, -0.15) is 5.10 Å². The van der Waals surface area contributed by atoms with E-state index in [9.17, 15) is 14.7 Å². The van der Waals surface area contributed by atoms with Gasteiger partial charge in [0.05, 0.1) is 0 Å². The van der Waals surface area contributed by atoms with Crippen LogP contribution in [0.2, 0.25) is 0 Å². The molecule has 2 fully saturated rings. The third kappa shape index (κ3) is 3.62. The van der Waals surface area contributed by atoms with Crippen molar-refractivity contribution in [1.29, 1.82) is 0 Å². The average Bonchev–Trinajstić information content (AvgIpc) is 3.36. The molecule has 2 aliphatic carbocycles. The van der Waals surface area contributed by atoms with Gasteiger partial charge < -0.3 is 15.0 Å². The Bertz CT molecular complexity index is 733. The van der Waals surface area contributed by atoms with Crippen molar-refractivity contribution >= 4 is 17.5 Å². The molecule has 0 aromatic carbocycles. The van der Waals surface area contributed by atoms with Crippen LogP contribution in [0.3, 0.4) is 0 Å². The summed E-state index contributed by atoms with van der Waals surface area (Å²) in [6.45, 7) is -0.0826. The molecule has 0 unspecified atom stereocenters. The van der Waals surface area contributed by atoms with Gasteiger partial charge in [0.2, 0.25) is 11.8 Å². The second kappa shape index (κ2) is 7.14. The molecule has 26 heavy (non-hydrogen) atoms. The fourth-order valence-electron chi connectivity index (χ4n) is 3.65. The molecule has 3 aliphatic rings. The first-order chi connectivity index (χ1) is 12.6. The zero-order valence-corrected chi connectivity index (χ0v) is 14.6. The van der Waals surface area contributed by atoms with Crippen LogP contribution in [-0.2, 0) is 16.2 Å². The summed E-state index contributed by atoms with van der Waals surface area (Å²) in [7, 11) is 0. The van der Waals surface area contributed by atoms with Crippen LogP contribution in [0, 0.1) is 0 Å². The normalized spacial score (nSPS) is 25.3. The highest BCUT2D eigenvalue weighted by Gasteiger charge is 2.38. The number of nitrogens with one attached hydrogen (secondary N) is 2. The van der Waals surface area contributed by atoms with Gasteiger partial charge in [-0.15, -0.1) is 10.2 Å². The van der Waals surface area contributed by atoms with Crippen molar-refractivity contribution in [2.24, 2.45) is 5.10 Å². The highest BCUT2D eigenvalue weighted by Crippen LogP contribution is 2.42. The minimum atomic E-state index is -0.0826. The molecule has 0 spiro atoms. The lowest BCUT2D eigenvalue weighted by Crippen LogP contribution is -2.44. The van der Waals surface area contributed by atoms with Gasteiger partial charge in [-0.3, -0.25) is 9.59 Å². The number of hydrogen-bond donors (Lipinski definition) is 3. The van der Waals surface area contributed by atoms with Crippen LogP contribution in [0.1, 0.15) is 75.0 Å². The second-order valence-electron chi connectivity index (χ2n) is 7.38. The number of aliphatic hydroxyl groups is 1. The van der Waals surface area contributed by atoms with Gasteiger partial charge in [0, 0.05) is 36.6 Å². The molecule has 0 bridgehead atoms. The van der Waals surface area contributed by atoms with Gasteiger partial charge >= 0.3 is 0 Å². The molecule has 140 valence electrons. The molecule has 3 N–H and O–H groups in total.